The summed E-state index contributed by atoms with van der Waals surface area (Å²) in [4.78, 5) is 0. The molecule has 2 nitrogen and oxygen atoms in total. The molecule has 0 atom stereocenters. The van der Waals surface area contributed by atoms with Gasteiger partial charge in [-0.1, -0.05) is 0 Å². The molecule has 1 rings (SSSR count). The second-order valence-electron chi connectivity index (χ2n) is 0.698. The Hall–Kier alpha value is -0.128. The standard InChI is InChI=1S/C3H3N2.Re/c1-2-4-5-3-1;/h2-3H,(H,4,5);/q-1;. The van der Waals surface area contributed by atoms with Crippen LogP contribution in [0.15, 0.2) is 12.4 Å². The summed E-state index contributed by atoms with van der Waals surface area (Å²) in [6.07, 6.45) is 3.21. The summed E-state index contributed by atoms with van der Waals surface area (Å²) in [5.74, 6) is 0. The van der Waals surface area contributed by atoms with Crippen LogP contribution in [0.25, 0.3) is 0 Å². The van der Waals surface area contributed by atoms with Crippen LogP contribution in [-0.4, -0.2) is 10.2 Å². The third-order valence-electron chi connectivity index (χ3n) is 0.362. The Morgan fingerprint density at radius 3 is 2.67 bits per heavy atom. The minimum atomic E-state index is 0. The first-order valence-electron chi connectivity index (χ1n) is 1.35. The zero-order valence-electron chi connectivity index (χ0n) is 2.98. The predicted octanol–water partition coefficient (Wildman–Crippen LogP) is 0.207. The van der Waals surface area contributed by atoms with Crippen LogP contribution in [0.5, 0.6) is 0 Å². The molecule has 0 saturated heterocycles. The van der Waals surface area contributed by atoms with Crippen LogP contribution in [0.3, 0.4) is 0 Å². The smallest absolute Gasteiger partial charge is 0 e. The van der Waals surface area contributed by atoms with Crippen molar-refractivity contribution >= 4 is 0 Å². The van der Waals surface area contributed by atoms with E-state index in [-0.39, 0.29) is 20.4 Å². The van der Waals surface area contributed by atoms with Gasteiger partial charge < -0.3 is 11.2 Å². The SMILES string of the molecule is [Re].[c-]1cn[nH]c1. The average Bonchev–Trinajstić information content (AvgIpc) is 1.76. The summed E-state index contributed by atoms with van der Waals surface area (Å²) >= 11 is 0. The minimum absolute atomic E-state index is 0. The largest absolute Gasteiger partial charge is 0.433 e. The molecule has 0 fully saturated rings. The van der Waals surface area contributed by atoms with Crippen molar-refractivity contribution in [1.82, 2.24) is 10.2 Å². The van der Waals surface area contributed by atoms with Gasteiger partial charge in [-0.3, -0.25) is 0 Å². The molecule has 0 aliphatic rings. The second-order valence-corrected chi connectivity index (χ2v) is 0.698. The molecule has 6 heavy (non-hydrogen) atoms. The van der Waals surface area contributed by atoms with Crippen molar-refractivity contribution in [3.05, 3.63) is 18.5 Å². The van der Waals surface area contributed by atoms with E-state index >= 15 is 0 Å². The van der Waals surface area contributed by atoms with Gasteiger partial charge in [-0.25, -0.2) is 5.10 Å². The van der Waals surface area contributed by atoms with Crippen molar-refractivity contribution in [1.29, 1.82) is 0 Å². The zero-order chi connectivity index (χ0) is 3.54. The average molecular weight is 253 g/mol. The fourth-order valence-electron chi connectivity index (χ4n) is 0.186. The number of aromatic nitrogens is 2. The third-order valence-corrected chi connectivity index (χ3v) is 0.362. The fourth-order valence-corrected chi connectivity index (χ4v) is 0.186. The molecule has 1 radical (unpaired) electrons. The van der Waals surface area contributed by atoms with Crippen LogP contribution in [0, 0.1) is 6.07 Å². The molecule has 33 valence electrons. The van der Waals surface area contributed by atoms with E-state index < -0.39 is 0 Å². The van der Waals surface area contributed by atoms with Crippen molar-refractivity contribution in [2.24, 2.45) is 0 Å². The number of aromatic amines is 1. The first-order chi connectivity index (χ1) is 2.50. The Bertz CT molecular complexity index is 65.3. The van der Waals surface area contributed by atoms with Gasteiger partial charge in [0.1, 0.15) is 0 Å². The van der Waals surface area contributed by atoms with Crippen LogP contribution in [-0.2, 0) is 20.4 Å². The summed E-state index contributed by atoms with van der Waals surface area (Å²) in [7, 11) is 0. The molecule has 1 heterocycles. The molecule has 0 aliphatic carbocycles. The summed E-state index contributed by atoms with van der Waals surface area (Å²) in [6, 6.07) is 2.69. The predicted molar refractivity (Wildman–Crippen MR) is 17.4 cm³/mol. The monoisotopic (exact) mass is 254 g/mol. The number of hydrogen-bond acceptors (Lipinski definition) is 1. The van der Waals surface area contributed by atoms with E-state index in [0.29, 0.717) is 0 Å². The number of hydrogen-bond donors (Lipinski definition) is 1. The summed E-state index contributed by atoms with van der Waals surface area (Å²) in [6.45, 7) is 0. The molecule has 0 saturated carbocycles. The molecule has 0 amide bonds. The second kappa shape index (κ2) is 3.08. The van der Waals surface area contributed by atoms with Gasteiger partial charge in [0.2, 0.25) is 0 Å². The van der Waals surface area contributed by atoms with E-state index in [1.807, 2.05) is 0 Å². The van der Waals surface area contributed by atoms with Gasteiger partial charge in [0, 0.05) is 20.4 Å². The van der Waals surface area contributed by atoms with Gasteiger partial charge in [-0.15, -0.1) is 6.20 Å². The van der Waals surface area contributed by atoms with Crippen molar-refractivity contribution in [3.8, 4) is 0 Å². The van der Waals surface area contributed by atoms with E-state index in [1.54, 1.807) is 12.4 Å². The van der Waals surface area contributed by atoms with E-state index in [4.69, 9.17) is 0 Å². The van der Waals surface area contributed by atoms with Crippen molar-refractivity contribution in [2.75, 3.05) is 0 Å². The van der Waals surface area contributed by atoms with Crippen molar-refractivity contribution in [3.63, 3.8) is 0 Å². The number of rotatable bonds is 0. The van der Waals surface area contributed by atoms with E-state index in [9.17, 15) is 0 Å². The fraction of sp³-hybridized carbons (Fsp3) is 0. The molecule has 0 unspecified atom stereocenters. The zero-order valence-corrected chi connectivity index (χ0v) is 5.70. The molecule has 3 heteroatoms. The molecule has 1 aromatic heterocycles. The maximum atomic E-state index is 3.54. The molecule has 0 aromatic carbocycles. The molecule has 1 aromatic rings. The third kappa shape index (κ3) is 1.35. The normalized spacial score (nSPS) is 6.67. The van der Waals surface area contributed by atoms with Crippen LogP contribution >= 0.6 is 0 Å². The van der Waals surface area contributed by atoms with Crippen LogP contribution in [0.2, 0.25) is 0 Å². The van der Waals surface area contributed by atoms with E-state index in [0.717, 1.165) is 0 Å². The van der Waals surface area contributed by atoms with Gasteiger partial charge in [0.05, 0.1) is 0 Å². The topological polar surface area (TPSA) is 28.7 Å². The maximum absolute atomic E-state index is 3.54. The number of nitrogens with one attached hydrogen (secondary N) is 1. The molecular formula is C3H3N2Re-. The number of H-pyrrole nitrogens is 1. The maximum Gasteiger partial charge on any atom is 0 e. The Kier molecular flexibility index (Phi) is 3.01. The van der Waals surface area contributed by atoms with Gasteiger partial charge in [0.15, 0.2) is 0 Å². The van der Waals surface area contributed by atoms with E-state index in [1.165, 1.54) is 0 Å². The van der Waals surface area contributed by atoms with Crippen molar-refractivity contribution in [2.45, 2.75) is 0 Å². The van der Waals surface area contributed by atoms with Crippen LogP contribution in [0.1, 0.15) is 0 Å². The summed E-state index contributed by atoms with van der Waals surface area (Å²) in [5.41, 5.74) is 0. The van der Waals surface area contributed by atoms with Crippen LogP contribution in [0.4, 0.5) is 0 Å². The van der Waals surface area contributed by atoms with E-state index in [2.05, 4.69) is 16.3 Å². The Morgan fingerprint density at radius 1 is 1.67 bits per heavy atom. The van der Waals surface area contributed by atoms with Crippen LogP contribution < -0.4 is 0 Å². The molecule has 0 spiro atoms. The molecule has 1 N–H and O–H groups in total. The minimum Gasteiger partial charge on any atom is -0.433 e. The summed E-state index contributed by atoms with van der Waals surface area (Å²) < 4.78 is 0. The van der Waals surface area contributed by atoms with Gasteiger partial charge in [0.25, 0.3) is 0 Å². The quantitative estimate of drug-likeness (QED) is 0.658. The molecule has 0 bridgehead atoms. The summed E-state index contributed by atoms with van der Waals surface area (Å²) in [5, 5.41) is 6.10. The Balaban J connectivity index is 0.000000250. The Morgan fingerprint density at radius 2 is 2.50 bits per heavy atom. The number of nitrogens with zero attached hydrogens (tertiary/aromatic N) is 1. The first-order valence-corrected chi connectivity index (χ1v) is 1.35. The molecular weight excluding hydrogens is 250 g/mol. The van der Waals surface area contributed by atoms with Gasteiger partial charge >= 0.3 is 0 Å². The van der Waals surface area contributed by atoms with Crippen molar-refractivity contribution < 1.29 is 20.4 Å². The first kappa shape index (κ1) is 5.87. The van der Waals surface area contributed by atoms with Gasteiger partial charge in [-0.05, 0) is 0 Å². The Labute approximate surface area is 49.6 Å². The molecule has 0 aliphatic heterocycles. The van der Waals surface area contributed by atoms with Gasteiger partial charge in [-0.2, -0.15) is 6.20 Å².